The van der Waals surface area contributed by atoms with Crippen molar-refractivity contribution in [2.45, 2.75) is 6.92 Å². The minimum Gasteiger partial charge on any atom is -0.397 e. The lowest BCUT2D eigenvalue weighted by Crippen LogP contribution is -1.98. The topological polar surface area (TPSA) is 79.6 Å². The molecule has 0 amide bonds. The molecule has 0 aliphatic carbocycles. The largest absolute Gasteiger partial charge is 0.397 e. The van der Waals surface area contributed by atoms with Crippen LogP contribution in [0.2, 0.25) is 0 Å². The Balaban J connectivity index is 1.95. The first-order valence-corrected chi connectivity index (χ1v) is 5.65. The van der Waals surface area contributed by atoms with Crippen LogP contribution >= 0.6 is 0 Å². The zero-order valence-electron chi connectivity index (χ0n) is 9.94. The van der Waals surface area contributed by atoms with Crippen LogP contribution in [-0.2, 0) is 0 Å². The molecule has 3 aromatic rings. The van der Waals surface area contributed by atoms with Gasteiger partial charge in [0.05, 0.1) is 29.2 Å². The molecular formula is C13H13N5. The first-order chi connectivity index (χ1) is 8.72. The number of hydrogen-bond acceptors (Lipinski definition) is 4. The third-order valence-corrected chi connectivity index (χ3v) is 2.78. The molecule has 0 aliphatic heterocycles. The molecule has 3 rings (SSSR count). The van der Waals surface area contributed by atoms with E-state index in [-0.39, 0.29) is 0 Å². The second kappa shape index (κ2) is 4.03. The van der Waals surface area contributed by atoms with E-state index in [0.717, 1.165) is 28.1 Å². The molecule has 0 spiro atoms. The van der Waals surface area contributed by atoms with Crippen molar-refractivity contribution in [1.29, 1.82) is 0 Å². The Hall–Kier alpha value is -2.56. The number of aromatic amines is 1. The third-order valence-electron chi connectivity index (χ3n) is 2.78. The highest BCUT2D eigenvalue weighted by atomic mass is 15.0. The van der Waals surface area contributed by atoms with E-state index in [2.05, 4.69) is 20.3 Å². The Kier molecular flexibility index (Phi) is 2.37. The summed E-state index contributed by atoms with van der Waals surface area (Å²) in [6.45, 7) is 1.97. The normalized spacial score (nSPS) is 10.7. The molecule has 0 fully saturated rings. The number of benzene rings is 1. The molecule has 1 aromatic carbocycles. The summed E-state index contributed by atoms with van der Waals surface area (Å²) in [5.41, 5.74) is 10.3. The van der Waals surface area contributed by atoms with E-state index in [1.165, 1.54) is 0 Å². The van der Waals surface area contributed by atoms with Crippen molar-refractivity contribution in [3.63, 3.8) is 0 Å². The van der Waals surface area contributed by atoms with Crippen LogP contribution in [0.25, 0.3) is 11.0 Å². The number of nitrogens with two attached hydrogens (primary N) is 1. The maximum atomic E-state index is 5.68. The molecule has 0 aliphatic rings. The lowest BCUT2D eigenvalue weighted by molar-refractivity contribution is 1.26. The first-order valence-electron chi connectivity index (χ1n) is 5.65. The molecular weight excluding hydrogens is 226 g/mol. The van der Waals surface area contributed by atoms with Gasteiger partial charge in [0.25, 0.3) is 0 Å². The molecule has 5 nitrogen and oxygen atoms in total. The van der Waals surface area contributed by atoms with E-state index in [9.17, 15) is 0 Å². The standard InChI is InChI=1S/C13H13N5/c1-8-4-9(14)6-15-13(8)18-10-2-3-11-12(5-10)17-7-16-11/h2-7H,14H2,1H3,(H,15,18)(H,16,17). The Morgan fingerprint density at radius 1 is 1.22 bits per heavy atom. The van der Waals surface area contributed by atoms with Gasteiger partial charge in [-0.1, -0.05) is 0 Å². The number of pyridine rings is 1. The van der Waals surface area contributed by atoms with Crippen LogP contribution in [0.1, 0.15) is 5.56 Å². The quantitative estimate of drug-likeness (QED) is 0.642. The van der Waals surface area contributed by atoms with E-state index >= 15 is 0 Å². The van der Waals surface area contributed by atoms with Gasteiger partial charge >= 0.3 is 0 Å². The van der Waals surface area contributed by atoms with E-state index in [0.29, 0.717) is 5.69 Å². The molecule has 0 unspecified atom stereocenters. The fourth-order valence-corrected chi connectivity index (χ4v) is 1.88. The predicted octanol–water partition coefficient (Wildman–Crippen LogP) is 2.59. The number of imidazole rings is 1. The Morgan fingerprint density at radius 2 is 2.11 bits per heavy atom. The summed E-state index contributed by atoms with van der Waals surface area (Å²) in [6.07, 6.45) is 3.32. The van der Waals surface area contributed by atoms with Crippen molar-refractivity contribution in [2.24, 2.45) is 0 Å². The number of nitrogens with one attached hydrogen (secondary N) is 2. The lowest BCUT2D eigenvalue weighted by atomic mass is 10.2. The number of rotatable bonds is 2. The lowest BCUT2D eigenvalue weighted by Gasteiger charge is -2.08. The molecule has 0 saturated heterocycles. The minimum atomic E-state index is 0.669. The highest BCUT2D eigenvalue weighted by Crippen LogP contribution is 2.22. The fourth-order valence-electron chi connectivity index (χ4n) is 1.88. The van der Waals surface area contributed by atoms with Crippen molar-refractivity contribution >= 4 is 28.2 Å². The van der Waals surface area contributed by atoms with Crippen LogP contribution in [0.4, 0.5) is 17.2 Å². The molecule has 0 bridgehead atoms. The van der Waals surface area contributed by atoms with Crippen LogP contribution < -0.4 is 11.1 Å². The van der Waals surface area contributed by atoms with E-state index < -0.39 is 0 Å². The summed E-state index contributed by atoms with van der Waals surface area (Å²) in [7, 11) is 0. The predicted molar refractivity (Wildman–Crippen MR) is 72.8 cm³/mol. The Bertz CT molecular complexity index is 701. The second-order valence-electron chi connectivity index (χ2n) is 4.19. The second-order valence-corrected chi connectivity index (χ2v) is 4.19. The van der Waals surface area contributed by atoms with Crippen LogP contribution in [0.5, 0.6) is 0 Å². The van der Waals surface area contributed by atoms with Crippen molar-refractivity contribution < 1.29 is 0 Å². The number of nitrogen functional groups attached to an aromatic ring is 1. The van der Waals surface area contributed by atoms with Gasteiger partial charge in [-0.2, -0.15) is 0 Å². The molecule has 5 heteroatoms. The fraction of sp³-hybridized carbons (Fsp3) is 0.0769. The first kappa shape index (κ1) is 10.6. The highest BCUT2D eigenvalue weighted by molar-refractivity contribution is 5.80. The van der Waals surface area contributed by atoms with Gasteiger partial charge in [-0.3, -0.25) is 0 Å². The van der Waals surface area contributed by atoms with Crippen LogP contribution in [-0.4, -0.2) is 15.0 Å². The summed E-state index contributed by atoms with van der Waals surface area (Å²) in [6, 6.07) is 7.82. The number of fused-ring (bicyclic) bond motifs is 1. The molecule has 0 saturated carbocycles. The van der Waals surface area contributed by atoms with Crippen molar-refractivity contribution in [3.8, 4) is 0 Å². The summed E-state index contributed by atoms with van der Waals surface area (Å²) in [5.74, 6) is 0.808. The number of anilines is 3. The average Bonchev–Trinajstić information content (AvgIpc) is 2.80. The number of aryl methyl sites for hydroxylation is 1. The van der Waals surface area contributed by atoms with Gasteiger partial charge in [0.1, 0.15) is 5.82 Å². The Labute approximate surface area is 104 Å². The number of aromatic nitrogens is 3. The van der Waals surface area contributed by atoms with Gasteiger partial charge < -0.3 is 16.0 Å². The molecule has 18 heavy (non-hydrogen) atoms. The van der Waals surface area contributed by atoms with Crippen LogP contribution in [0.15, 0.2) is 36.8 Å². The number of hydrogen-bond donors (Lipinski definition) is 3. The smallest absolute Gasteiger partial charge is 0.133 e. The monoisotopic (exact) mass is 239 g/mol. The van der Waals surface area contributed by atoms with Crippen molar-refractivity contribution in [1.82, 2.24) is 15.0 Å². The molecule has 2 aromatic heterocycles. The molecule has 0 atom stereocenters. The Morgan fingerprint density at radius 3 is 2.94 bits per heavy atom. The zero-order chi connectivity index (χ0) is 12.5. The summed E-state index contributed by atoms with van der Waals surface area (Å²) < 4.78 is 0. The van der Waals surface area contributed by atoms with Gasteiger partial charge in [0.15, 0.2) is 0 Å². The van der Waals surface area contributed by atoms with Gasteiger partial charge in [-0.15, -0.1) is 0 Å². The van der Waals surface area contributed by atoms with E-state index in [1.807, 2.05) is 31.2 Å². The number of nitrogens with zero attached hydrogens (tertiary/aromatic N) is 2. The summed E-state index contributed by atoms with van der Waals surface area (Å²) >= 11 is 0. The SMILES string of the molecule is Cc1cc(N)cnc1Nc1ccc2nc[nH]c2c1. The van der Waals surface area contributed by atoms with Gasteiger partial charge in [0, 0.05) is 5.69 Å². The van der Waals surface area contributed by atoms with E-state index in [1.54, 1.807) is 12.5 Å². The highest BCUT2D eigenvalue weighted by Gasteiger charge is 2.03. The maximum Gasteiger partial charge on any atom is 0.133 e. The average molecular weight is 239 g/mol. The van der Waals surface area contributed by atoms with Crippen LogP contribution in [0, 0.1) is 6.92 Å². The van der Waals surface area contributed by atoms with Gasteiger partial charge in [-0.25, -0.2) is 9.97 Å². The van der Waals surface area contributed by atoms with E-state index in [4.69, 9.17) is 5.73 Å². The van der Waals surface area contributed by atoms with Crippen molar-refractivity contribution in [3.05, 3.63) is 42.4 Å². The summed E-state index contributed by atoms with van der Waals surface area (Å²) in [4.78, 5) is 11.5. The molecule has 4 N–H and O–H groups in total. The minimum absolute atomic E-state index is 0.669. The summed E-state index contributed by atoms with van der Waals surface area (Å²) in [5, 5.41) is 3.27. The van der Waals surface area contributed by atoms with Crippen molar-refractivity contribution in [2.75, 3.05) is 11.1 Å². The maximum absolute atomic E-state index is 5.68. The van der Waals surface area contributed by atoms with Gasteiger partial charge in [0.2, 0.25) is 0 Å². The molecule has 90 valence electrons. The third kappa shape index (κ3) is 1.86. The zero-order valence-corrected chi connectivity index (χ0v) is 9.94. The number of H-pyrrole nitrogens is 1. The molecule has 0 radical (unpaired) electrons. The van der Waals surface area contributed by atoms with Crippen LogP contribution in [0.3, 0.4) is 0 Å². The van der Waals surface area contributed by atoms with Gasteiger partial charge in [-0.05, 0) is 36.8 Å². The molecule has 2 heterocycles.